The van der Waals surface area contributed by atoms with E-state index < -0.39 is 0 Å². The number of terminal acetylenes is 1. The largest absolute Gasteiger partial charge is 0.301 e. The molecule has 3 atom stereocenters. The maximum absolute atomic E-state index is 5.50. The molecule has 0 aliphatic heterocycles. The molecule has 0 aromatic heterocycles. The lowest BCUT2D eigenvalue weighted by molar-refractivity contribution is 0.147. The third-order valence-electron chi connectivity index (χ3n) is 4.79. The highest BCUT2D eigenvalue weighted by atomic mass is 14.9. The zero-order valence-corrected chi connectivity index (χ0v) is 11.3. The molecule has 0 heterocycles. The molecule has 2 aliphatic rings. The summed E-state index contributed by atoms with van der Waals surface area (Å²) in [5.74, 6) is 4.71. The van der Waals surface area contributed by atoms with Gasteiger partial charge in [0.15, 0.2) is 0 Å². The van der Waals surface area contributed by atoms with Crippen molar-refractivity contribution in [2.24, 2.45) is 11.8 Å². The van der Waals surface area contributed by atoms with Gasteiger partial charge in [-0.05, 0) is 31.6 Å². The lowest BCUT2D eigenvalue weighted by Crippen LogP contribution is -2.45. The van der Waals surface area contributed by atoms with Crippen molar-refractivity contribution in [3.05, 3.63) is 0 Å². The lowest BCUT2D eigenvalue weighted by Gasteiger charge is -2.40. The van der Waals surface area contributed by atoms with Crippen LogP contribution in [0.3, 0.4) is 0 Å². The van der Waals surface area contributed by atoms with Gasteiger partial charge in [-0.1, -0.05) is 50.9 Å². The number of nitrogens with one attached hydrogen (secondary N) is 1. The molecule has 17 heavy (non-hydrogen) atoms. The van der Waals surface area contributed by atoms with Gasteiger partial charge in [-0.15, -0.1) is 6.42 Å². The summed E-state index contributed by atoms with van der Waals surface area (Å²) in [6.07, 6.45) is 18.4. The van der Waals surface area contributed by atoms with Gasteiger partial charge in [-0.2, -0.15) is 0 Å². The SMILES string of the molecule is C#CC(C)NC1CCCCC1C1CCCCC1. The van der Waals surface area contributed by atoms with Gasteiger partial charge in [-0.25, -0.2) is 0 Å². The third-order valence-corrected chi connectivity index (χ3v) is 4.79. The molecule has 0 bridgehead atoms. The van der Waals surface area contributed by atoms with E-state index >= 15 is 0 Å². The van der Waals surface area contributed by atoms with Crippen LogP contribution in [0, 0.1) is 24.2 Å². The first-order chi connectivity index (χ1) is 8.31. The first kappa shape index (κ1) is 13.0. The number of hydrogen-bond donors (Lipinski definition) is 1. The Bertz CT molecular complexity index is 259. The van der Waals surface area contributed by atoms with Crippen LogP contribution in [0.4, 0.5) is 0 Å². The molecule has 3 unspecified atom stereocenters. The van der Waals surface area contributed by atoms with Crippen LogP contribution >= 0.6 is 0 Å². The standard InChI is InChI=1S/C16H27N/c1-3-13(2)17-16-12-8-7-11-15(16)14-9-5-4-6-10-14/h1,13-17H,4-12H2,2H3. The van der Waals surface area contributed by atoms with Crippen LogP contribution in [0.15, 0.2) is 0 Å². The summed E-state index contributed by atoms with van der Waals surface area (Å²) in [7, 11) is 0. The fourth-order valence-electron chi connectivity index (χ4n) is 3.86. The van der Waals surface area contributed by atoms with Crippen molar-refractivity contribution < 1.29 is 0 Å². The molecule has 96 valence electrons. The Morgan fingerprint density at radius 1 is 1.00 bits per heavy atom. The van der Waals surface area contributed by atoms with Crippen molar-refractivity contribution in [1.82, 2.24) is 5.32 Å². The average molecular weight is 233 g/mol. The van der Waals surface area contributed by atoms with Crippen LogP contribution in [0.1, 0.15) is 64.7 Å². The topological polar surface area (TPSA) is 12.0 Å². The van der Waals surface area contributed by atoms with Crippen molar-refractivity contribution in [1.29, 1.82) is 0 Å². The Kier molecular flexibility index (Phi) is 4.92. The predicted octanol–water partition coefficient (Wildman–Crippen LogP) is 3.74. The van der Waals surface area contributed by atoms with E-state index in [1.165, 1.54) is 57.8 Å². The van der Waals surface area contributed by atoms with E-state index in [0.29, 0.717) is 6.04 Å². The molecule has 0 saturated heterocycles. The molecule has 2 fully saturated rings. The molecule has 1 heteroatoms. The van der Waals surface area contributed by atoms with Crippen LogP contribution in [-0.4, -0.2) is 12.1 Å². The van der Waals surface area contributed by atoms with Crippen LogP contribution in [0.2, 0.25) is 0 Å². The second-order valence-corrected chi connectivity index (χ2v) is 6.01. The molecular formula is C16H27N. The molecule has 2 rings (SSSR count). The van der Waals surface area contributed by atoms with Gasteiger partial charge in [-0.3, -0.25) is 0 Å². The Labute approximate surface area is 107 Å². The minimum Gasteiger partial charge on any atom is -0.301 e. The Morgan fingerprint density at radius 3 is 2.35 bits per heavy atom. The van der Waals surface area contributed by atoms with Crippen molar-refractivity contribution >= 4 is 0 Å². The summed E-state index contributed by atoms with van der Waals surface area (Å²) < 4.78 is 0. The number of hydrogen-bond acceptors (Lipinski definition) is 1. The molecule has 0 amide bonds. The molecule has 2 aliphatic carbocycles. The summed E-state index contributed by atoms with van der Waals surface area (Å²) >= 11 is 0. The first-order valence-corrected chi connectivity index (χ1v) is 7.53. The Balaban J connectivity index is 1.93. The zero-order valence-electron chi connectivity index (χ0n) is 11.3. The quantitative estimate of drug-likeness (QED) is 0.732. The lowest BCUT2D eigenvalue weighted by atomic mass is 9.71. The molecule has 0 spiro atoms. The smallest absolute Gasteiger partial charge is 0.0660 e. The van der Waals surface area contributed by atoms with Gasteiger partial charge in [0.2, 0.25) is 0 Å². The summed E-state index contributed by atoms with van der Waals surface area (Å²) in [6, 6.07) is 0.932. The Morgan fingerprint density at radius 2 is 1.65 bits per heavy atom. The van der Waals surface area contributed by atoms with Gasteiger partial charge in [0.25, 0.3) is 0 Å². The van der Waals surface area contributed by atoms with Crippen LogP contribution < -0.4 is 5.32 Å². The first-order valence-electron chi connectivity index (χ1n) is 7.53. The van der Waals surface area contributed by atoms with Crippen LogP contribution in [-0.2, 0) is 0 Å². The normalized spacial score (nSPS) is 32.9. The van der Waals surface area contributed by atoms with Crippen LogP contribution in [0.25, 0.3) is 0 Å². The molecule has 0 aromatic carbocycles. The predicted molar refractivity (Wildman–Crippen MR) is 73.8 cm³/mol. The monoisotopic (exact) mass is 233 g/mol. The molecule has 1 N–H and O–H groups in total. The van der Waals surface area contributed by atoms with E-state index in [1.54, 1.807) is 0 Å². The van der Waals surface area contributed by atoms with E-state index in [9.17, 15) is 0 Å². The van der Waals surface area contributed by atoms with Gasteiger partial charge in [0.1, 0.15) is 0 Å². The second kappa shape index (κ2) is 6.45. The third kappa shape index (κ3) is 3.49. The maximum Gasteiger partial charge on any atom is 0.0660 e. The van der Waals surface area contributed by atoms with Crippen molar-refractivity contribution in [3.8, 4) is 12.3 Å². The van der Waals surface area contributed by atoms with E-state index in [2.05, 4.69) is 18.2 Å². The minimum atomic E-state index is 0.240. The van der Waals surface area contributed by atoms with Gasteiger partial charge >= 0.3 is 0 Å². The van der Waals surface area contributed by atoms with E-state index in [0.717, 1.165) is 11.8 Å². The highest BCUT2D eigenvalue weighted by Crippen LogP contribution is 2.38. The molecule has 1 nitrogen and oxygen atoms in total. The summed E-state index contributed by atoms with van der Waals surface area (Å²) in [5, 5.41) is 3.68. The van der Waals surface area contributed by atoms with Crippen molar-refractivity contribution in [3.63, 3.8) is 0 Å². The molecule has 0 radical (unpaired) electrons. The second-order valence-electron chi connectivity index (χ2n) is 6.01. The maximum atomic E-state index is 5.50. The summed E-state index contributed by atoms with van der Waals surface area (Å²) in [6.45, 7) is 2.12. The van der Waals surface area contributed by atoms with E-state index in [1.807, 2.05) is 0 Å². The zero-order chi connectivity index (χ0) is 12.1. The number of rotatable bonds is 3. The van der Waals surface area contributed by atoms with E-state index in [4.69, 9.17) is 6.42 Å². The van der Waals surface area contributed by atoms with E-state index in [-0.39, 0.29) is 6.04 Å². The molecule has 2 saturated carbocycles. The van der Waals surface area contributed by atoms with Gasteiger partial charge < -0.3 is 5.32 Å². The van der Waals surface area contributed by atoms with Crippen molar-refractivity contribution in [2.45, 2.75) is 76.8 Å². The minimum absolute atomic E-state index is 0.240. The highest BCUT2D eigenvalue weighted by Gasteiger charge is 2.32. The van der Waals surface area contributed by atoms with Gasteiger partial charge in [0.05, 0.1) is 6.04 Å². The van der Waals surface area contributed by atoms with Crippen molar-refractivity contribution in [2.75, 3.05) is 0 Å². The highest BCUT2D eigenvalue weighted by molar-refractivity contribution is 4.99. The van der Waals surface area contributed by atoms with Crippen LogP contribution in [0.5, 0.6) is 0 Å². The fourth-order valence-corrected chi connectivity index (χ4v) is 3.86. The average Bonchev–Trinajstić information content (AvgIpc) is 2.40. The van der Waals surface area contributed by atoms with Gasteiger partial charge in [0, 0.05) is 6.04 Å². The summed E-state index contributed by atoms with van der Waals surface area (Å²) in [5.41, 5.74) is 0. The summed E-state index contributed by atoms with van der Waals surface area (Å²) in [4.78, 5) is 0. The molecular weight excluding hydrogens is 206 g/mol. The Hall–Kier alpha value is -0.480. The molecule has 0 aromatic rings. The fraction of sp³-hybridized carbons (Fsp3) is 0.875.